The molecule has 1 aliphatic heterocycles. The van der Waals surface area contributed by atoms with Gasteiger partial charge in [0.1, 0.15) is 5.60 Å². The fraction of sp³-hybridized carbons (Fsp3) is 0.400. The van der Waals surface area contributed by atoms with E-state index in [9.17, 15) is 4.79 Å². The number of carbonyl (C=O) groups excluding carboxylic acids is 1. The van der Waals surface area contributed by atoms with Gasteiger partial charge in [-0.25, -0.2) is 4.79 Å². The molecular weight excluding hydrogens is 424 g/mol. The van der Waals surface area contributed by atoms with Crippen LogP contribution in [0.1, 0.15) is 39.2 Å². The van der Waals surface area contributed by atoms with E-state index in [0.717, 1.165) is 54.5 Å². The van der Waals surface area contributed by atoms with Gasteiger partial charge in [-0.05, 0) is 69.0 Å². The van der Waals surface area contributed by atoms with E-state index in [1.54, 1.807) is 0 Å². The number of nitrogens with zero attached hydrogens (tertiary/aromatic N) is 3. The number of ether oxygens (including phenoxy) is 1. The quantitative estimate of drug-likeness (QED) is 0.570. The minimum absolute atomic E-state index is 0.157. The number of alkyl carbamates (subject to hydrolysis) is 1. The Labute approximate surface area is 193 Å². The maximum Gasteiger partial charge on any atom is 0.407 e. The molecular formula is C25H29ClN4O2. The number of aromatic nitrogens is 2. The number of rotatable bonds is 4. The van der Waals surface area contributed by atoms with E-state index in [-0.39, 0.29) is 12.1 Å². The van der Waals surface area contributed by atoms with Crippen LogP contribution in [-0.2, 0) is 11.3 Å². The molecule has 32 heavy (non-hydrogen) atoms. The first-order valence-electron chi connectivity index (χ1n) is 11.0. The van der Waals surface area contributed by atoms with Crippen molar-refractivity contribution in [2.45, 2.75) is 51.8 Å². The number of halogens is 1. The first-order valence-corrected chi connectivity index (χ1v) is 11.4. The number of fused-ring (bicyclic) bond motifs is 1. The molecule has 0 atom stereocenters. The topological polar surface area (TPSA) is 67.3 Å². The Bertz CT molecular complexity index is 1090. The molecule has 2 aromatic carbocycles. The standard InChI is InChI=1S/C25H29ClN4O2/c1-25(2,3)32-24(31)28-20-10-12-30(13-11-20)16-17-4-9-23-21(14-17)22(15-27-29-23)18-5-7-19(26)8-6-18/h4-9,14-15,20H,10-13,16H2,1-3H3,(H,28,31). The fourth-order valence-electron chi connectivity index (χ4n) is 4.03. The maximum atomic E-state index is 12.0. The molecule has 2 heterocycles. The molecule has 0 saturated carbocycles. The van der Waals surface area contributed by atoms with E-state index < -0.39 is 5.60 Å². The lowest BCUT2D eigenvalue weighted by Gasteiger charge is -2.32. The minimum Gasteiger partial charge on any atom is -0.444 e. The van der Waals surface area contributed by atoms with Gasteiger partial charge in [0.15, 0.2) is 0 Å². The summed E-state index contributed by atoms with van der Waals surface area (Å²) in [6.45, 7) is 8.35. The number of nitrogens with one attached hydrogen (secondary N) is 1. The highest BCUT2D eigenvalue weighted by atomic mass is 35.5. The molecule has 6 nitrogen and oxygen atoms in total. The monoisotopic (exact) mass is 452 g/mol. The van der Waals surface area contributed by atoms with E-state index >= 15 is 0 Å². The third-order valence-electron chi connectivity index (χ3n) is 5.57. The Kier molecular flexibility index (Phi) is 6.63. The first kappa shape index (κ1) is 22.5. The van der Waals surface area contributed by atoms with Crippen molar-refractivity contribution in [3.63, 3.8) is 0 Å². The maximum absolute atomic E-state index is 12.0. The molecule has 4 rings (SSSR count). The Hall–Kier alpha value is -2.70. The third-order valence-corrected chi connectivity index (χ3v) is 5.83. The molecule has 0 aliphatic carbocycles. The van der Waals surface area contributed by atoms with E-state index in [0.29, 0.717) is 5.02 Å². The molecule has 168 valence electrons. The van der Waals surface area contributed by atoms with Crippen LogP contribution in [0.25, 0.3) is 22.0 Å². The molecule has 1 fully saturated rings. The third kappa shape index (κ3) is 5.75. The van der Waals surface area contributed by atoms with Crippen LogP contribution < -0.4 is 5.32 Å². The summed E-state index contributed by atoms with van der Waals surface area (Å²) in [5.74, 6) is 0. The Morgan fingerprint density at radius 2 is 1.88 bits per heavy atom. The van der Waals surface area contributed by atoms with Gasteiger partial charge in [0, 0.05) is 41.6 Å². The van der Waals surface area contributed by atoms with Crippen LogP contribution in [0.5, 0.6) is 0 Å². The van der Waals surface area contributed by atoms with Crippen molar-refractivity contribution in [2.75, 3.05) is 13.1 Å². The summed E-state index contributed by atoms with van der Waals surface area (Å²) in [5.41, 5.74) is 3.76. The molecule has 0 spiro atoms. The first-order chi connectivity index (χ1) is 15.3. The highest BCUT2D eigenvalue weighted by Gasteiger charge is 2.23. The van der Waals surface area contributed by atoms with Gasteiger partial charge >= 0.3 is 6.09 Å². The van der Waals surface area contributed by atoms with Crippen molar-refractivity contribution in [3.8, 4) is 11.1 Å². The second kappa shape index (κ2) is 9.43. The van der Waals surface area contributed by atoms with Crippen molar-refractivity contribution in [1.82, 2.24) is 20.4 Å². The van der Waals surface area contributed by atoms with Crippen molar-refractivity contribution in [1.29, 1.82) is 0 Å². The van der Waals surface area contributed by atoms with Crippen LogP contribution in [-0.4, -0.2) is 45.9 Å². The van der Waals surface area contributed by atoms with Crippen molar-refractivity contribution < 1.29 is 9.53 Å². The fourth-order valence-corrected chi connectivity index (χ4v) is 4.16. The number of carbonyl (C=O) groups is 1. The number of piperidine rings is 1. The van der Waals surface area contributed by atoms with E-state index in [2.05, 4.69) is 32.5 Å². The molecule has 1 saturated heterocycles. The zero-order chi connectivity index (χ0) is 22.7. The normalized spacial score (nSPS) is 15.6. The lowest BCUT2D eigenvalue weighted by molar-refractivity contribution is 0.0477. The van der Waals surface area contributed by atoms with Gasteiger partial charge in [-0.15, -0.1) is 0 Å². The van der Waals surface area contributed by atoms with Crippen LogP contribution in [0.3, 0.4) is 0 Å². The van der Waals surface area contributed by atoms with Gasteiger partial charge in [0.05, 0.1) is 11.7 Å². The molecule has 1 aliphatic rings. The summed E-state index contributed by atoms with van der Waals surface area (Å²) >= 11 is 6.05. The molecule has 3 aromatic rings. The van der Waals surface area contributed by atoms with Gasteiger partial charge in [-0.2, -0.15) is 10.2 Å². The highest BCUT2D eigenvalue weighted by molar-refractivity contribution is 6.30. The molecule has 1 aromatic heterocycles. The number of benzene rings is 2. The second-order valence-electron chi connectivity index (χ2n) is 9.31. The summed E-state index contributed by atoms with van der Waals surface area (Å²) in [4.78, 5) is 14.4. The van der Waals surface area contributed by atoms with Crippen molar-refractivity contribution in [2.24, 2.45) is 0 Å². The molecule has 1 amide bonds. The zero-order valence-electron chi connectivity index (χ0n) is 18.8. The van der Waals surface area contributed by atoms with E-state index in [1.165, 1.54) is 5.56 Å². The summed E-state index contributed by atoms with van der Waals surface area (Å²) in [6, 6.07) is 14.3. The number of amides is 1. The smallest absolute Gasteiger partial charge is 0.407 e. The Morgan fingerprint density at radius 3 is 2.56 bits per heavy atom. The SMILES string of the molecule is CC(C)(C)OC(=O)NC1CCN(Cc2ccc3nncc(-c4ccc(Cl)cc4)c3c2)CC1. The minimum atomic E-state index is -0.476. The van der Waals surface area contributed by atoms with E-state index in [1.807, 2.05) is 57.3 Å². The summed E-state index contributed by atoms with van der Waals surface area (Å²) in [7, 11) is 0. The number of hydrogen-bond acceptors (Lipinski definition) is 5. The van der Waals surface area contributed by atoms with Crippen molar-refractivity contribution >= 4 is 28.6 Å². The molecule has 1 N–H and O–H groups in total. The number of hydrogen-bond donors (Lipinski definition) is 1. The molecule has 0 unspecified atom stereocenters. The zero-order valence-corrected chi connectivity index (χ0v) is 19.5. The molecule has 0 bridgehead atoms. The summed E-state index contributed by atoms with van der Waals surface area (Å²) in [5, 5.41) is 13.3. The van der Waals surface area contributed by atoms with Crippen molar-refractivity contribution in [3.05, 3.63) is 59.2 Å². The Morgan fingerprint density at radius 1 is 1.16 bits per heavy atom. The average molecular weight is 453 g/mol. The van der Waals surface area contributed by atoms with Gasteiger partial charge in [0.25, 0.3) is 0 Å². The van der Waals surface area contributed by atoms with Gasteiger partial charge in [0.2, 0.25) is 0 Å². The largest absolute Gasteiger partial charge is 0.444 e. The van der Waals surface area contributed by atoms with E-state index in [4.69, 9.17) is 16.3 Å². The van der Waals surface area contributed by atoms with Gasteiger partial charge < -0.3 is 10.1 Å². The summed E-state index contributed by atoms with van der Waals surface area (Å²) in [6.07, 6.45) is 3.30. The highest BCUT2D eigenvalue weighted by Crippen LogP contribution is 2.29. The van der Waals surface area contributed by atoms with Crippen LogP contribution in [0.4, 0.5) is 4.79 Å². The number of likely N-dealkylation sites (tertiary alicyclic amines) is 1. The lowest BCUT2D eigenvalue weighted by atomic mass is 10.0. The van der Waals surface area contributed by atoms with Crippen LogP contribution in [0.15, 0.2) is 48.7 Å². The Balaban J connectivity index is 1.41. The lowest BCUT2D eigenvalue weighted by Crippen LogP contribution is -2.45. The second-order valence-corrected chi connectivity index (χ2v) is 9.75. The summed E-state index contributed by atoms with van der Waals surface area (Å²) < 4.78 is 5.38. The van der Waals surface area contributed by atoms with Gasteiger partial charge in [-0.1, -0.05) is 29.8 Å². The molecule has 7 heteroatoms. The van der Waals surface area contributed by atoms with Crippen LogP contribution >= 0.6 is 11.6 Å². The molecule has 0 radical (unpaired) electrons. The van der Waals surface area contributed by atoms with Crippen LogP contribution in [0, 0.1) is 0 Å². The predicted octanol–water partition coefficient (Wildman–Crippen LogP) is 5.44. The average Bonchev–Trinajstić information content (AvgIpc) is 2.74. The van der Waals surface area contributed by atoms with Gasteiger partial charge in [-0.3, -0.25) is 4.90 Å². The predicted molar refractivity (Wildman–Crippen MR) is 128 cm³/mol. The van der Waals surface area contributed by atoms with Crippen LogP contribution in [0.2, 0.25) is 5.02 Å².